The minimum Gasteiger partial charge on any atom is -0.300 e. The molecule has 0 aliphatic carbocycles. The lowest BCUT2D eigenvalue weighted by atomic mass is 10.1. The molecule has 0 amide bonds. The zero-order valence-electron chi connectivity index (χ0n) is 6.71. The summed E-state index contributed by atoms with van der Waals surface area (Å²) in [6.07, 6.45) is 0.468. The first-order valence-corrected chi connectivity index (χ1v) is 5.24. The Morgan fingerprint density at radius 3 is 2.75 bits per heavy atom. The van der Waals surface area contributed by atoms with E-state index in [4.69, 9.17) is 10.7 Å². The van der Waals surface area contributed by atoms with Gasteiger partial charge in [0.25, 0.3) is 0 Å². The molecule has 12 heavy (non-hydrogen) atoms. The lowest BCUT2D eigenvalue weighted by Crippen LogP contribution is -1.96. The standard InChI is InChI=1S/C9H9ClOS/c1-7(11)6-8-4-2-3-5-9(8)12-10/h2-5H,6H2,1H3. The second-order valence-corrected chi connectivity index (χ2v) is 3.62. The largest absolute Gasteiger partial charge is 0.300 e. The van der Waals surface area contributed by atoms with Crippen molar-refractivity contribution in [2.45, 2.75) is 18.2 Å². The first-order valence-electron chi connectivity index (χ1n) is 3.60. The van der Waals surface area contributed by atoms with Gasteiger partial charge in [0.05, 0.1) is 0 Å². The maximum Gasteiger partial charge on any atom is 0.134 e. The first kappa shape index (κ1) is 9.62. The monoisotopic (exact) mass is 200 g/mol. The van der Waals surface area contributed by atoms with Gasteiger partial charge in [-0.3, -0.25) is 4.79 Å². The summed E-state index contributed by atoms with van der Waals surface area (Å²) in [6.45, 7) is 1.58. The zero-order chi connectivity index (χ0) is 8.97. The lowest BCUT2D eigenvalue weighted by molar-refractivity contribution is -0.116. The third-order valence-corrected chi connectivity index (χ3v) is 2.56. The average molecular weight is 201 g/mol. The third kappa shape index (κ3) is 2.54. The summed E-state index contributed by atoms with van der Waals surface area (Å²) in [4.78, 5) is 11.8. The van der Waals surface area contributed by atoms with Crippen LogP contribution >= 0.6 is 21.7 Å². The van der Waals surface area contributed by atoms with E-state index in [1.165, 1.54) is 0 Å². The molecule has 1 nitrogen and oxygen atoms in total. The highest BCUT2D eigenvalue weighted by molar-refractivity contribution is 8.21. The first-order chi connectivity index (χ1) is 5.74. The molecule has 0 aromatic heterocycles. The molecule has 0 saturated heterocycles. The van der Waals surface area contributed by atoms with Crippen LogP contribution in [0.15, 0.2) is 29.2 Å². The van der Waals surface area contributed by atoms with E-state index >= 15 is 0 Å². The normalized spacial score (nSPS) is 9.83. The Labute approximate surface area is 80.6 Å². The van der Waals surface area contributed by atoms with Crippen molar-refractivity contribution < 1.29 is 4.79 Å². The van der Waals surface area contributed by atoms with Crippen LogP contribution in [0.1, 0.15) is 12.5 Å². The van der Waals surface area contributed by atoms with Gasteiger partial charge in [-0.15, -0.1) is 0 Å². The molecular weight excluding hydrogens is 192 g/mol. The van der Waals surface area contributed by atoms with Crippen LogP contribution in [-0.2, 0) is 11.2 Å². The highest BCUT2D eigenvalue weighted by Crippen LogP contribution is 2.25. The molecule has 1 aromatic carbocycles. The van der Waals surface area contributed by atoms with Crippen LogP contribution in [0.3, 0.4) is 0 Å². The number of carbonyl (C=O) groups excluding carboxylic acids is 1. The Morgan fingerprint density at radius 1 is 1.50 bits per heavy atom. The highest BCUT2D eigenvalue weighted by atomic mass is 35.7. The number of carbonyl (C=O) groups is 1. The third-order valence-electron chi connectivity index (χ3n) is 1.50. The second-order valence-electron chi connectivity index (χ2n) is 2.56. The molecule has 0 aliphatic heterocycles. The van der Waals surface area contributed by atoms with Gasteiger partial charge in [-0.25, -0.2) is 0 Å². The van der Waals surface area contributed by atoms with Gasteiger partial charge < -0.3 is 0 Å². The number of hydrogen-bond acceptors (Lipinski definition) is 2. The molecular formula is C9H9ClOS. The van der Waals surface area contributed by atoms with Crippen molar-refractivity contribution in [3.05, 3.63) is 29.8 Å². The quantitative estimate of drug-likeness (QED) is 0.746. The lowest BCUT2D eigenvalue weighted by Gasteiger charge is -2.02. The molecule has 64 valence electrons. The molecule has 1 rings (SSSR count). The fourth-order valence-electron chi connectivity index (χ4n) is 0.993. The molecule has 0 radical (unpaired) electrons. The van der Waals surface area contributed by atoms with Gasteiger partial charge in [0.2, 0.25) is 0 Å². The van der Waals surface area contributed by atoms with Crippen LogP contribution in [0.5, 0.6) is 0 Å². The molecule has 0 aliphatic rings. The maximum atomic E-state index is 10.8. The van der Waals surface area contributed by atoms with Crippen LogP contribution in [-0.4, -0.2) is 5.78 Å². The Kier molecular flexibility index (Phi) is 3.63. The van der Waals surface area contributed by atoms with Crippen LogP contribution in [0.2, 0.25) is 0 Å². The summed E-state index contributed by atoms with van der Waals surface area (Å²) in [5, 5.41) is 0. The predicted molar refractivity (Wildman–Crippen MR) is 52.5 cm³/mol. The van der Waals surface area contributed by atoms with Crippen molar-refractivity contribution in [3.63, 3.8) is 0 Å². The topological polar surface area (TPSA) is 17.1 Å². The van der Waals surface area contributed by atoms with E-state index in [1.807, 2.05) is 24.3 Å². The van der Waals surface area contributed by atoms with Gasteiger partial charge >= 0.3 is 0 Å². The summed E-state index contributed by atoms with van der Waals surface area (Å²) in [5.41, 5.74) is 1.00. The molecule has 0 atom stereocenters. The molecule has 1 aromatic rings. The summed E-state index contributed by atoms with van der Waals surface area (Å²) < 4.78 is 0. The minimum absolute atomic E-state index is 0.160. The van der Waals surface area contributed by atoms with Gasteiger partial charge in [-0.05, 0) is 40.2 Å². The molecule has 0 saturated carbocycles. The molecule has 0 N–H and O–H groups in total. The van der Waals surface area contributed by atoms with Gasteiger partial charge in [0.15, 0.2) is 0 Å². The maximum absolute atomic E-state index is 10.8. The summed E-state index contributed by atoms with van der Waals surface area (Å²) >= 11 is 0. The van der Waals surface area contributed by atoms with Crippen LogP contribution in [0.4, 0.5) is 0 Å². The zero-order valence-corrected chi connectivity index (χ0v) is 8.28. The predicted octanol–water partition coefficient (Wildman–Crippen LogP) is 3.06. The fraction of sp³-hybridized carbons (Fsp3) is 0.222. The number of Topliss-reactive ketones (excluding diaryl/α,β-unsaturated/α-hetero) is 1. The molecule has 0 spiro atoms. The molecule has 0 unspecified atom stereocenters. The van der Waals surface area contributed by atoms with Crippen LogP contribution < -0.4 is 0 Å². The smallest absolute Gasteiger partial charge is 0.134 e. The highest BCUT2D eigenvalue weighted by Gasteiger charge is 2.02. The number of rotatable bonds is 3. The number of hydrogen-bond donors (Lipinski definition) is 0. The van der Waals surface area contributed by atoms with E-state index < -0.39 is 0 Å². The van der Waals surface area contributed by atoms with Gasteiger partial charge in [0, 0.05) is 11.3 Å². The van der Waals surface area contributed by atoms with Crippen molar-refractivity contribution in [1.82, 2.24) is 0 Å². The number of benzene rings is 1. The van der Waals surface area contributed by atoms with Gasteiger partial charge in [-0.2, -0.15) is 0 Å². The van der Waals surface area contributed by atoms with Crippen LogP contribution in [0, 0.1) is 0 Å². The van der Waals surface area contributed by atoms with E-state index in [-0.39, 0.29) is 5.78 Å². The Balaban J connectivity index is 2.89. The van der Waals surface area contributed by atoms with E-state index in [9.17, 15) is 4.79 Å². The van der Waals surface area contributed by atoms with Crippen molar-refractivity contribution >= 4 is 27.4 Å². The summed E-state index contributed by atoms with van der Waals surface area (Å²) in [6, 6.07) is 7.66. The SMILES string of the molecule is CC(=O)Cc1ccccc1SCl. The Hall–Kier alpha value is -0.470. The van der Waals surface area contributed by atoms with E-state index in [0.29, 0.717) is 6.42 Å². The van der Waals surface area contributed by atoms with Crippen LogP contribution in [0.25, 0.3) is 0 Å². The van der Waals surface area contributed by atoms with Gasteiger partial charge in [-0.1, -0.05) is 18.2 Å². The van der Waals surface area contributed by atoms with Crippen molar-refractivity contribution in [2.24, 2.45) is 0 Å². The molecule has 0 heterocycles. The van der Waals surface area contributed by atoms with E-state index in [1.54, 1.807) is 6.92 Å². The second kappa shape index (κ2) is 4.53. The van der Waals surface area contributed by atoms with Crippen molar-refractivity contribution in [3.8, 4) is 0 Å². The fourth-order valence-corrected chi connectivity index (χ4v) is 1.81. The molecule has 0 bridgehead atoms. The average Bonchev–Trinajstić information content (AvgIpc) is 2.04. The molecule has 0 fully saturated rings. The minimum atomic E-state index is 0.160. The Morgan fingerprint density at radius 2 is 2.17 bits per heavy atom. The number of ketones is 1. The van der Waals surface area contributed by atoms with E-state index in [0.717, 1.165) is 21.4 Å². The summed E-state index contributed by atoms with van der Waals surface area (Å²) in [5.74, 6) is 0.160. The number of halogens is 1. The molecule has 3 heteroatoms. The van der Waals surface area contributed by atoms with Crippen molar-refractivity contribution in [2.75, 3.05) is 0 Å². The summed E-state index contributed by atoms with van der Waals surface area (Å²) in [7, 11) is 6.78. The van der Waals surface area contributed by atoms with Crippen molar-refractivity contribution in [1.29, 1.82) is 0 Å². The van der Waals surface area contributed by atoms with E-state index in [2.05, 4.69) is 0 Å². The Bertz CT molecular complexity index is 286. The van der Waals surface area contributed by atoms with Gasteiger partial charge in [0.1, 0.15) is 5.78 Å².